The number of nitrogens with two attached hydrogens (primary N) is 1. The molecule has 2 heterocycles. The summed E-state index contributed by atoms with van der Waals surface area (Å²) in [7, 11) is 5.12. The Labute approximate surface area is 263 Å². The molecule has 0 aliphatic carbocycles. The number of thioether (sulfide) groups is 1. The van der Waals surface area contributed by atoms with E-state index in [1.165, 1.54) is 16.7 Å². The molecular formula is C34H39N7O2S. The lowest BCUT2D eigenvalue weighted by atomic mass is 9.84. The van der Waals surface area contributed by atoms with E-state index in [2.05, 4.69) is 111 Å². The first kappa shape index (κ1) is 31.2. The molecule has 0 radical (unpaired) electrons. The van der Waals surface area contributed by atoms with Gasteiger partial charge in [-0.05, 0) is 22.8 Å². The molecule has 0 amide bonds. The topological polar surface area (TPSA) is 103 Å². The molecule has 3 N–H and O–H groups in total. The fraction of sp³-hybridized carbons (Fsp3) is 0.265. The van der Waals surface area contributed by atoms with Gasteiger partial charge < -0.3 is 25.4 Å². The number of aromatic nitrogens is 4. The van der Waals surface area contributed by atoms with Gasteiger partial charge in [0, 0.05) is 52.0 Å². The predicted molar refractivity (Wildman–Crippen MR) is 178 cm³/mol. The number of nitrogens with zero attached hydrogens (tertiary/aromatic N) is 5. The van der Waals surface area contributed by atoms with E-state index in [4.69, 9.17) is 20.2 Å². The van der Waals surface area contributed by atoms with Gasteiger partial charge in [0.15, 0.2) is 6.29 Å². The minimum absolute atomic E-state index is 0.213. The van der Waals surface area contributed by atoms with Crippen LogP contribution in [0.1, 0.15) is 16.7 Å². The SMILES string of the molecule is COC(CN(CC(N)CSC(c1ccccc1)(c1ccccc1)c1ccccc1)c1ccnc(Nc2cnn(C)c2)n1)OC. The highest BCUT2D eigenvalue weighted by Crippen LogP contribution is 2.48. The number of anilines is 3. The van der Waals surface area contributed by atoms with Crippen LogP contribution < -0.4 is 16.0 Å². The van der Waals surface area contributed by atoms with Crippen LogP contribution in [0.25, 0.3) is 0 Å². The summed E-state index contributed by atoms with van der Waals surface area (Å²) in [5, 5.41) is 7.44. The van der Waals surface area contributed by atoms with E-state index in [9.17, 15) is 0 Å². The zero-order valence-electron chi connectivity index (χ0n) is 25.3. The van der Waals surface area contributed by atoms with Gasteiger partial charge in [-0.25, -0.2) is 4.98 Å². The average molecular weight is 610 g/mol. The Balaban J connectivity index is 1.43. The Morgan fingerprint density at radius 1 is 0.864 bits per heavy atom. The van der Waals surface area contributed by atoms with Crippen LogP contribution in [0, 0.1) is 0 Å². The predicted octanol–water partition coefficient (Wildman–Crippen LogP) is 5.43. The van der Waals surface area contributed by atoms with Gasteiger partial charge in [0.1, 0.15) is 5.82 Å². The summed E-state index contributed by atoms with van der Waals surface area (Å²) < 4.78 is 12.4. The summed E-state index contributed by atoms with van der Waals surface area (Å²) in [6.45, 7) is 0.962. The van der Waals surface area contributed by atoms with Gasteiger partial charge in [-0.1, -0.05) is 91.0 Å². The second kappa shape index (κ2) is 15.0. The van der Waals surface area contributed by atoms with E-state index >= 15 is 0 Å². The molecule has 5 rings (SSSR count). The number of ether oxygens (including phenoxy) is 2. The van der Waals surface area contributed by atoms with E-state index in [0.29, 0.717) is 30.6 Å². The number of rotatable bonds is 15. The molecule has 2 aromatic heterocycles. The van der Waals surface area contributed by atoms with E-state index in [-0.39, 0.29) is 6.04 Å². The van der Waals surface area contributed by atoms with Crippen LogP contribution in [0.3, 0.4) is 0 Å². The Hall–Kier alpha value is -4.22. The summed E-state index contributed by atoms with van der Waals surface area (Å²) in [4.78, 5) is 11.3. The highest BCUT2D eigenvalue weighted by Gasteiger charge is 2.37. The molecule has 10 heteroatoms. The molecule has 3 aromatic carbocycles. The molecule has 0 spiro atoms. The van der Waals surface area contributed by atoms with Gasteiger partial charge in [-0.3, -0.25) is 4.68 Å². The van der Waals surface area contributed by atoms with Crippen LogP contribution in [0.4, 0.5) is 17.5 Å². The second-order valence-corrected chi connectivity index (χ2v) is 11.7. The number of nitrogens with one attached hydrogen (secondary N) is 1. The Bertz CT molecular complexity index is 1470. The molecule has 0 saturated heterocycles. The lowest BCUT2D eigenvalue weighted by Gasteiger charge is -2.37. The van der Waals surface area contributed by atoms with Gasteiger partial charge in [-0.2, -0.15) is 10.1 Å². The van der Waals surface area contributed by atoms with Crippen LogP contribution in [0.15, 0.2) is 116 Å². The highest BCUT2D eigenvalue weighted by molar-refractivity contribution is 8.00. The van der Waals surface area contributed by atoms with Crippen molar-refractivity contribution < 1.29 is 9.47 Å². The first-order valence-electron chi connectivity index (χ1n) is 14.5. The third-order valence-corrected chi connectivity index (χ3v) is 9.07. The average Bonchev–Trinajstić information content (AvgIpc) is 3.49. The third-order valence-electron chi connectivity index (χ3n) is 7.33. The van der Waals surface area contributed by atoms with E-state index in [0.717, 1.165) is 5.69 Å². The fourth-order valence-corrected chi connectivity index (χ4v) is 6.70. The van der Waals surface area contributed by atoms with E-state index in [1.54, 1.807) is 31.3 Å². The lowest BCUT2D eigenvalue weighted by Crippen LogP contribution is -2.44. The zero-order chi connectivity index (χ0) is 30.8. The smallest absolute Gasteiger partial charge is 0.229 e. The highest BCUT2D eigenvalue weighted by atomic mass is 32.2. The molecule has 0 saturated carbocycles. The maximum atomic E-state index is 6.96. The second-order valence-electron chi connectivity index (χ2n) is 10.4. The number of methoxy groups -OCH3 is 2. The van der Waals surface area contributed by atoms with Gasteiger partial charge >= 0.3 is 0 Å². The fourth-order valence-electron chi connectivity index (χ4n) is 5.22. The van der Waals surface area contributed by atoms with Crippen molar-refractivity contribution in [3.8, 4) is 0 Å². The van der Waals surface area contributed by atoms with Crippen LogP contribution in [-0.4, -0.2) is 65.1 Å². The largest absolute Gasteiger partial charge is 0.354 e. The molecule has 1 atom stereocenters. The maximum Gasteiger partial charge on any atom is 0.229 e. The molecule has 1 unspecified atom stereocenters. The first-order valence-corrected chi connectivity index (χ1v) is 15.5. The van der Waals surface area contributed by atoms with Crippen molar-refractivity contribution in [1.29, 1.82) is 0 Å². The number of benzene rings is 3. The monoisotopic (exact) mass is 609 g/mol. The van der Waals surface area contributed by atoms with Gasteiger partial charge in [0.25, 0.3) is 0 Å². The first-order chi connectivity index (χ1) is 21.5. The number of hydrogen-bond acceptors (Lipinski definition) is 9. The molecule has 0 fully saturated rings. The van der Waals surface area contributed by atoms with Crippen molar-refractivity contribution in [2.24, 2.45) is 12.8 Å². The molecular weight excluding hydrogens is 570 g/mol. The van der Waals surface area contributed by atoms with Gasteiger partial charge in [0.2, 0.25) is 5.95 Å². The minimum atomic E-state index is -0.461. The van der Waals surface area contributed by atoms with Crippen molar-refractivity contribution in [1.82, 2.24) is 19.7 Å². The van der Waals surface area contributed by atoms with Crippen molar-refractivity contribution in [3.05, 3.63) is 132 Å². The minimum Gasteiger partial charge on any atom is -0.354 e. The third kappa shape index (κ3) is 7.46. The molecule has 44 heavy (non-hydrogen) atoms. The van der Waals surface area contributed by atoms with Gasteiger partial charge in [0.05, 0.1) is 23.2 Å². The lowest BCUT2D eigenvalue weighted by molar-refractivity contribution is -0.0950. The number of aryl methyl sites for hydroxylation is 1. The quantitative estimate of drug-likeness (QED) is 0.119. The standard InChI is InChI=1S/C34H39N7O2S/c1-40-23-30(21-37-40)38-33-36-20-19-31(39-33)41(24-32(42-2)43-3)22-29(35)25-44-34(26-13-7-4-8-14-26,27-15-9-5-10-16-27)28-17-11-6-12-18-28/h4-21,23,29,32H,22,24-25,35H2,1-3H3,(H,36,38,39). The Morgan fingerprint density at radius 2 is 1.43 bits per heavy atom. The molecule has 0 aliphatic heterocycles. The van der Waals surface area contributed by atoms with Crippen LogP contribution in [-0.2, 0) is 21.3 Å². The van der Waals surface area contributed by atoms with Crippen LogP contribution in [0.2, 0.25) is 0 Å². The summed E-state index contributed by atoms with van der Waals surface area (Å²) in [5.74, 6) is 1.85. The zero-order valence-corrected chi connectivity index (χ0v) is 26.1. The molecule has 228 valence electrons. The molecule has 0 aliphatic rings. The van der Waals surface area contributed by atoms with Crippen molar-refractivity contribution in [2.45, 2.75) is 17.1 Å². The van der Waals surface area contributed by atoms with Crippen molar-refractivity contribution in [3.63, 3.8) is 0 Å². The summed E-state index contributed by atoms with van der Waals surface area (Å²) in [6.07, 6.45) is 4.86. The molecule has 9 nitrogen and oxygen atoms in total. The van der Waals surface area contributed by atoms with E-state index in [1.807, 2.05) is 31.1 Å². The molecule has 0 bridgehead atoms. The molecule has 5 aromatic rings. The van der Waals surface area contributed by atoms with Crippen LogP contribution >= 0.6 is 11.8 Å². The summed E-state index contributed by atoms with van der Waals surface area (Å²) in [5.41, 5.74) is 11.4. The normalized spacial score (nSPS) is 12.3. The Morgan fingerprint density at radius 3 is 1.93 bits per heavy atom. The number of hydrogen-bond donors (Lipinski definition) is 2. The van der Waals surface area contributed by atoms with Crippen LogP contribution in [0.5, 0.6) is 0 Å². The maximum absolute atomic E-state index is 6.96. The summed E-state index contributed by atoms with van der Waals surface area (Å²) in [6, 6.07) is 33.6. The Kier molecular flexibility index (Phi) is 10.6. The van der Waals surface area contributed by atoms with Crippen molar-refractivity contribution >= 4 is 29.2 Å². The summed E-state index contributed by atoms with van der Waals surface area (Å²) >= 11 is 1.84. The van der Waals surface area contributed by atoms with E-state index < -0.39 is 11.0 Å². The van der Waals surface area contributed by atoms with Crippen molar-refractivity contribution in [2.75, 3.05) is 43.3 Å². The van der Waals surface area contributed by atoms with Gasteiger partial charge in [-0.15, -0.1) is 11.8 Å².